The number of halogens is 1. The Bertz CT molecular complexity index is 587. The van der Waals surface area contributed by atoms with Gasteiger partial charge in [0.1, 0.15) is 12.4 Å². The van der Waals surface area contributed by atoms with Crippen LogP contribution < -0.4 is 5.73 Å². The van der Waals surface area contributed by atoms with Crippen molar-refractivity contribution >= 4 is 17.8 Å². The molecule has 0 aliphatic carbocycles. The van der Waals surface area contributed by atoms with E-state index in [2.05, 4.69) is 0 Å². The minimum absolute atomic E-state index is 0.0180. The normalized spacial score (nSPS) is 10.3. The fourth-order valence-electron chi connectivity index (χ4n) is 1.74. The third kappa shape index (κ3) is 4.52. The molecule has 120 valence electrons. The first kappa shape index (κ1) is 17.6. The van der Waals surface area contributed by atoms with Crippen molar-refractivity contribution in [3.05, 3.63) is 34.6 Å². The number of carboxylic acids is 1. The Hall–Kier alpha value is -2.48. The average molecular weight is 313 g/mol. The predicted molar refractivity (Wildman–Crippen MR) is 73.0 cm³/mol. The van der Waals surface area contributed by atoms with Crippen molar-refractivity contribution in [1.82, 2.24) is 0 Å². The van der Waals surface area contributed by atoms with E-state index in [1.165, 1.54) is 0 Å². The molecule has 3 N–H and O–H groups in total. The molecule has 0 spiro atoms. The number of amides is 1. The topological polar surface area (TPSA) is 116 Å². The molecule has 22 heavy (non-hydrogen) atoms. The van der Waals surface area contributed by atoms with E-state index >= 15 is 0 Å². The van der Waals surface area contributed by atoms with E-state index < -0.39 is 41.2 Å². The standard InChI is InChI=1S/C14H16FNO6/c1-2-21-5-6-22-10(17)7-8-3-4-9(14(19)20)11(12(8)15)13(16)18/h3-4H,2,5-7H2,1H3,(H2,16,18)(H,19,20). The molecule has 0 aliphatic heterocycles. The van der Waals surface area contributed by atoms with E-state index in [1.54, 1.807) is 6.92 Å². The molecule has 1 aromatic carbocycles. The lowest BCUT2D eigenvalue weighted by Crippen LogP contribution is -2.21. The Kier molecular flexibility index (Phi) is 6.46. The summed E-state index contributed by atoms with van der Waals surface area (Å²) in [5, 5.41) is 8.90. The number of primary amides is 1. The highest BCUT2D eigenvalue weighted by atomic mass is 19.1. The highest BCUT2D eigenvalue weighted by molar-refractivity contribution is 6.04. The van der Waals surface area contributed by atoms with Gasteiger partial charge >= 0.3 is 11.9 Å². The number of rotatable bonds is 8. The van der Waals surface area contributed by atoms with Gasteiger partial charge in [-0.2, -0.15) is 0 Å². The summed E-state index contributed by atoms with van der Waals surface area (Å²) >= 11 is 0. The van der Waals surface area contributed by atoms with E-state index in [0.29, 0.717) is 6.61 Å². The van der Waals surface area contributed by atoms with Crippen LogP contribution in [0, 0.1) is 5.82 Å². The molecule has 7 nitrogen and oxygen atoms in total. The van der Waals surface area contributed by atoms with Crippen molar-refractivity contribution in [2.75, 3.05) is 19.8 Å². The number of esters is 1. The molecule has 0 saturated heterocycles. The number of carboxylic acid groups (broad SMARTS) is 1. The van der Waals surface area contributed by atoms with Gasteiger partial charge in [0.25, 0.3) is 5.91 Å². The second kappa shape index (κ2) is 8.08. The molecule has 8 heteroatoms. The average Bonchev–Trinajstić information content (AvgIpc) is 2.44. The molecule has 1 aromatic rings. The van der Waals surface area contributed by atoms with Gasteiger partial charge in [0.2, 0.25) is 0 Å². The lowest BCUT2D eigenvalue weighted by Gasteiger charge is -2.09. The van der Waals surface area contributed by atoms with Crippen LogP contribution in [0.3, 0.4) is 0 Å². The van der Waals surface area contributed by atoms with E-state index in [9.17, 15) is 18.8 Å². The van der Waals surface area contributed by atoms with Gasteiger partial charge in [-0.05, 0) is 18.6 Å². The molecule has 0 saturated carbocycles. The number of aromatic carboxylic acids is 1. The molecule has 0 aromatic heterocycles. The quantitative estimate of drug-likeness (QED) is 0.540. The maximum Gasteiger partial charge on any atom is 0.336 e. The van der Waals surface area contributed by atoms with E-state index in [0.717, 1.165) is 12.1 Å². The SMILES string of the molecule is CCOCCOC(=O)Cc1ccc(C(=O)O)c(C(N)=O)c1F. The summed E-state index contributed by atoms with van der Waals surface area (Å²) in [5.74, 6) is -4.56. The first-order valence-corrected chi connectivity index (χ1v) is 6.46. The van der Waals surface area contributed by atoms with Crippen LogP contribution in [0.4, 0.5) is 4.39 Å². The largest absolute Gasteiger partial charge is 0.478 e. The van der Waals surface area contributed by atoms with Gasteiger partial charge in [0.15, 0.2) is 0 Å². The van der Waals surface area contributed by atoms with Crippen LogP contribution in [0.1, 0.15) is 33.2 Å². The third-order valence-corrected chi connectivity index (χ3v) is 2.73. The monoisotopic (exact) mass is 313 g/mol. The van der Waals surface area contributed by atoms with Crippen LogP contribution >= 0.6 is 0 Å². The molecule has 0 atom stereocenters. The molecule has 1 rings (SSSR count). The molecule has 0 unspecified atom stereocenters. The predicted octanol–water partition coefficient (Wildman–Crippen LogP) is 0.745. The Labute approximate surface area is 125 Å². The number of hydrogen-bond acceptors (Lipinski definition) is 5. The molecule has 0 aliphatic rings. The summed E-state index contributed by atoms with van der Waals surface area (Å²) in [6.07, 6.45) is -0.446. The molecular formula is C14H16FNO6. The van der Waals surface area contributed by atoms with Crippen molar-refractivity contribution in [2.24, 2.45) is 5.73 Å². The zero-order valence-corrected chi connectivity index (χ0v) is 11.9. The maximum atomic E-state index is 14.2. The number of nitrogens with two attached hydrogens (primary N) is 1. The van der Waals surface area contributed by atoms with Gasteiger partial charge in [0, 0.05) is 6.61 Å². The number of ether oxygens (including phenoxy) is 2. The van der Waals surface area contributed by atoms with Crippen LogP contribution in [-0.2, 0) is 20.7 Å². The van der Waals surface area contributed by atoms with Crippen LogP contribution in [0.2, 0.25) is 0 Å². The maximum absolute atomic E-state index is 14.2. The zero-order chi connectivity index (χ0) is 16.7. The summed E-state index contributed by atoms with van der Waals surface area (Å²) in [7, 11) is 0. The van der Waals surface area contributed by atoms with E-state index in [1.807, 2.05) is 0 Å². The summed E-state index contributed by atoms with van der Waals surface area (Å²) in [6, 6.07) is 2.13. The highest BCUT2D eigenvalue weighted by Gasteiger charge is 2.23. The van der Waals surface area contributed by atoms with Gasteiger partial charge in [-0.15, -0.1) is 0 Å². The lowest BCUT2D eigenvalue weighted by molar-refractivity contribution is -0.144. The van der Waals surface area contributed by atoms with Crippen molar-refractivity contribution in [3.63, 3.8) is 0 Å². The van der Waals surface area contributed by atoms with Crippen molar-refractivity contribution in [2.45, 2.75) is 13.3 Å². The van der Waals surface area contributed by atoms with Gasteiger partial charge in [0.05, 0.1) is 24.2 Å². The number of carbonyl (C=O) groups is 3. The van der Waals surface area contributed by atoms with Crippen LogP contribution in [0.5, 0.6) is 0 Å². The zero-order valence-electron chi connectivity index (χ0n) is 11.9. The lowest BCUT2D eigenvalue weighted by atomic mass is 10.0. The Balaban J connectivity index is 2.88. The molecule has 0 heterocycles. The molecule has 1 amide bonds. The number of carbonyl (C=O) groups excluding carboxylic acids is 2. The van der Waals surface area contributed by atoms with Gasteiger partial charge in [-0.25, -0.2) is 9.18 Å². The first-order chi connectivity index (χ1) is 10.4. The summed E-state index contributed by atoms with van der Waals surface area (Å²) in [5.41, 5.74) is 3.51. The number of benzene rings is 1. The Morgan fingerprint density at radius 1 is 1.27 bits per heavy atom. The summed E-state index contributed by atoms with van der Waals surface area (Å²) in [4.78, 5) is 33.7. The van der Waals surface area contributed by atoms with Gasteiger partial charge in [-0.3, -0.25) is 9.59 Å². The molecular weight excluding hydrogens is 297 g/mol. The summed E-state index contributed by atoms with van der Waals surface area (Å²) in [6.45, 7) is 2.50. The molecule has 0 radical (unpaired) electrons. The van der Waals surface area contributed by atoms with E-state index in [4.69, 9.17) is 20.3 Å². The third-order valence-electron chi connectivity index (χ3n) is 2.73. The Morgan fingerprint density at radius 2 is 1.95 bits per heavy atom. The summed E-state index contributed by atoms with van der Waals surface area (Å²) < 4.78 is 23.9. The van der Waals surface area contributed by atoms with Gasteiger partial charge in [-0.1, -0.05) is 6.07 Å². The fourth-order valence-corrected chi connectivity index (χ4v) is 1.74. The van der Waals surface area contributed by atoms with Gasteiger partial charge < -0.3 is 20.3 Å². The second-order valence-electron chi connectivity index (χ2n) is 4.22. The molecule has 0 bridgehead atoms. The van der Waals surface area contributed by atoms with Crippen molar-refractivity contribution in [3.8, 4) is 0 Å². The Morgan fingerprint density at radius 3 is 2.50 bits per heavy atom. The first-order valence-electron chi connectivity index (χ1n) is 6.46. The minimum Gasteiger partial charge on any atom is -0.478 e. The van der Waals surface area contributed by atoms with E-state index in [-0.39, 0.29) is 18.8 Å². The fraction of sp³-hybridized carbons (Fsp3) is 0.357. The number of hydrogen-bond donors (Lipinski definition) is 2. The minimum atomic E-state index is -1.49. The van der Waals surface area contributed by atoms with Crippen LogP contribution in [0.25, 0.3) is 0 Å². The van der Waals surface area contributed by atoms with Crippen molar-refractivity contribution < 1.29 is 33.4 Å². The van der Waals surface area contributed by atoms with Crippen LogP contribution in [-0.4, -0.2) is 42.8 Å². The van der Waals surface area contributed by atoms with Crippen LogP contribution in [0.15, 0.2) is 12.1 Å². The highest BCUT2D eigenvalue weighted by Crippen LogP contribution is 2.19. The molecule has 0 fully saturated rings. The second-order valence-corrected chi connectivity index (χ2v) is 4.22. The van der Waals surface area contributed by atoms with Crippen molar-refractivity contribution in [1.29, 1.82) is 0 Å². The smallest absolute Gasteiger partial charge is 0.336 e.